The first-order valence-corrected chi connectivity index (χ1v) is 6.83. The van der Waals surface area contributed by atoms with Crippen molar-refractivity contribution in [1.82, 2.24) is 9.80 Å². The first kappa shape index (κ1) is 14.8. The minimum Gasteiger partial charge on any atom is -0.410 e. The van der Waals surface area contributed by atoms with Gasteiger partial charge >= 0.3 is 6.09 Å². The molecule has 1 amide bonds. The van der Waals surface area contributed by atoms with E-state index in [-0.39, 0.29) is 12.1 Å². The van der Waals surface area contributed by atoms with E-state index in [0.717, 1.165) is 5.56 Å². The molecule has 5 heteroatoms. The summed E-state index contributed by atoms with van der Waals surface area (Å²) in [7, 11) is 5.78. The molecule has 0 aromatic heterocycles. The van der Waals surface area contributed by atoms with Crippen molar-refractivity contribution in [3.8, 4) is 5.75 Å². The Morgan fingerprint density at radius 1 is 1.40 bits per heavy atom. The molecule has 0 saturated carbocycles. The van der Waals surface area contributed by atoms with Crippen molar-refractivity contribution in [3.05, 3.63) is 29.3 Å². The number of rotatable bonds is 3. The van der Waals surface area contributed by atoms with Crippen LogP contribution in [-0.4, -0.2) is 50.2 Å². The van der Waals surface area contributed by atoms with E-state index in [2.05, 4.69) is 4.90 Å². The predicted octanol–water partition coefficient (Wildman–Crippen LogP) is 2.27. The Labute approximate surface area is 120 Å². The van der Waals surface area contributed by atoms with Crippen molar-refractivity contribution >= 4 is 6.09 Å². The molecule has 0 N–H and O–H groups in total. The van der Waals surface area contributed by atoms with Crippen LogP contribution in [0.15, 0.2) is 18.2 Å². The number of fused-ring (bicyclic) bond motifs is 1. The van der Waals surface area contributed by atoms with Crippen LogP contribution in [0.1, 0.15) is 24.1 Å². The second kappa shape index (κ2) is 6.24. The molecule has 0 bridgehead atoms. The van der Waals surface area contributed by atoms with Crippen LogP contribution in [0.2, 0.25) is 0 Å². The summed E-state index contributed by atoms with van der Waals surface area (Å²) in [6.45, 7) is 3.78. The lowest BCUT2D eigenvalue weighted by molar-refractivity contribution is 0.0504. The summed E-state index contributed by atoms with van der Waals surface area (Å²) in [5.74, 6) is 0.567. The Kier molecular flexibility index (Phi) is 4.62. The minimum atomic E-state index is -0.340. The first-order valence-electron chi connectivity index (χ1n) is 6.83. The van der Waals surface area contributed by atoms with Crippen molar-refractivity contribution in [2.75, 3.05) is 34.3 Å². The highest BCUT2D eigenvalue weighted by molar-refractivity contribution is 5.70. The van der Waals surface area contributed by atoms with Gasteiger partial charge in [-0.25, -0.2) is 4.79 Å². The summed E-state index contributed by atoms with van der Waals surface area (Å²) in [6.07, 6.45) is -0.340. The molecular weight excluding hydrogens is 256 g/mol. The lowest BCUT2D eigenvalue weighted by atomic mass is 9.98. The maximum Gasteiger partial charge on any atom is 0.414 e. The smallest absolute Gasteiger partial charge is 0.410 e. The highest BCUT2D eigenvalue weighted by atomic mass is 16.6. The molecule has 1 unspecified atom stereocenters. The molecule has 1 aliphatic heterocycles. The van der Waals surface area contributed by atoms with Gasteiger partial charge in [-0.05, 0) is 44.3 Å². The lowest BCUT2D eigenvalue weighted by Gasteiger charge is -2.31. The van der Waals surface area contributed by atoms with E-state index >= 15 is 0 Å². The van der Waals surface area contributed by atoms with Gasteiger partial charge in [-0.2, -0.15) is 0 Å². The molecule has 5 nitrogen and oxygen atoms in total. The molecule has 0 radical (unpaired) electrons. The van der Waals surface area contributed by atoms with Crippen molar-refractivity contribution in [2.24, 2.45) is 0 Å². The number of nitrogens with zero attached hydrogens (tertiary/aromatic N) is 2. The standard InChI is InChI=1S/C15H22N2O3/c1-5-17(4)15(18)20-12-6-7-13-11(8-12)9-19-10-14(13)16(2)3/h6-8,14H,5,9-10H2,1-4H3. The van der Waals surface area contributed by atoms with Crippen LogP contribution in [0.3, 0.4) is 0 Å². The third-order valence-corrected chi connectivity index (χ3v) is 3.62. The van der Waals surface area contributed by atoms with Gasteiger partial charge in [-0.15, -0.1) is 0 Å². The Hall–Kier alpha value is -1.59. The number of amides is 1. The van der Waals surface area contributed by atoms with E-state index in [1.165, 1.54) is 10.5 Å². The second-order valence-electron chi connectivity index (χ2n) is 5.24. The van der Waals surface area contributed by atoms with Gasteiger partial charge in [-0.3, -0.25) is 0 Å². The van der Waals surface area contributed by atoms with Crippen LogP contribution in [0, 0.1) is 0 Å². The number of benzene rings is 1. The molecule has 1 aromatic rings. The van der Waals surface area contributed by atoms with E-state index in [1.54, 1.807) is 7.05 Å². The Balaban J connectivity index is 2.17. The molecule has 110 valence electrons. The topological polar surface area (TPSA) is 42.0 Å². The minimum absolute atomic E-state index is 0.252. The van der Waals surface area contributed by atoms with Gasteiger partial charge in [-0.1, -0.05) is 6.07 Å². The number of carbonyl (C=O) groups is 1. The monoisotopic (exact) mass is 278 g/mol. The molecule has 0 saturated heterocycles. The largest absolute Gasteiger partial charge is 0.414 e. The van der Waals surface area contributed by atoms with Crippen LogP contribution >= 0.6 is 0 Å². The molecule has 0 fully saturated rings. The van der Waals surface area contributed by atoms with Gasteiger partial charge in [0.05, 0.1) is 19.3 Å². The molecular formula is C15H22N2O3. The molecule has 1 heterocycles. The van der Waals surface area contributed by atoms with Crippen LogP contribution in [0.25, 0.3) is 0 Å². The summed E-state index contributed by atoms with van der Waals surface area (Å²) >= 11 is 0. The first-order chi connectivity index (χ1) is 9.52. The van der Waals surface area contributed by atoms with Gasteiger partial charge in [0.2, 0.25) is 0 Å². The van der Waals surface area contributed by atoms with E-state index < -0.39 is 0 Å². The number of likely N-dealkylation sites (N-methyl/N-ethyl adjacent to an activating group) is 1. The highest BCUT2D eigenvalue weighted by Crippen LogP contribution is 2.30. The molecule has 1 atom stereocenters. The quantitative estimate of drug-likeness (QED) is 0.850. The van der Waals surface area contributed by atoms with E-state index in [1.807, 2.05) is 39.2 Å². The predicted molar refractivity (Wildman–Crippen MR) is 76.9 cm³/mol. The zero-order valence-electron chi connectivity index (χ0n) is 12.5. The third-order valence-electron chi connectivity index (χ3n) is 3.62. The van der Waals surface area contributed by atoms with Crippen molar-refractivity contribution in [1.29, 1.82) is 0 Å². The van der Waals surface area contributed by atoms with E-state index in [9.17, 15) is 4.79 Å². The lowest BCUT2D eigenvalue weighted by Crippen LogP contribution is -2.30. The van der Waals surface area contributed by atoms with Gasteiger partial charge < -0.3 is 19.3 Å². The zero-order chi connectivity index (χ0) is 14.7. The van der Waals surface area contributed by atoms with Crippen molar-refractivity contribution in [3.63, 3.8) is 0 Å². The maximum atomic E-state index is 11.7. The van der Waals surface area contributed by atoms with E-state index in [0.29, 0.717) is 25.5 Å². The van der Waals surface area contributed by atoms with Gasteiger partial charge in [0.25, 0.3) is 0 Å². The Morgan fingerprint density at radius 2 is 2.15 bits per heavy atom. The van der Waals surface area contributed by atoms with Gasteiger partial charge in [0.15, 0.2) is 0 Å². The summed E-state index contributed by atoms with van der Waals surface area (Å²) in [5.41, 5.74) is 2.32. The SMILES string of the molecule is CCN(C)C(=O)Oc1ccc2c(c1)COCC2N(C)C. The summed E-state index contributed by atoms with van der Waals surface area (Å²) in [4.78, 5) is 15.4. The fourth-order valence-electron chi connectivity index (χ4n) is 2.20. The Bertz CT molecular complexity index is 488. The van der Waals surface area contributed by atoms with Crippen LogP contribution in [0.5, 0.6) is 5.75 Å². The normalized spacial score (nSPS) is 17.8. The molecule has 1 aromatic carbocycles. The molecule has 20 heavy (non-hydrogen) atoms. The fourth-order valence-corrected chi connectivity index (χ4v) is 2.20. The van der Waals surface area contributed by atoms with Crippen LogP contribution in [-0.2, 0) is 11.3 Å². The number of hydrogen-bond donors (Lipinski definition) is 0. The Morgan fingerprint density at radius 3 is 2.80 bits per heavy atom. The summed E-state index contributed by atoms with van der Waals surface area (Å²) in [6, 6.07) is 6.02. The summed E-state index contributed by atoms with van der Waals surface area (Å²) < 4.78 is 11.0. The third kappa shape index (κ3) is 3.11. The maximum absolute atomic E-state index is 11.7. The fraction of sp³-hybridized carbons (Fsp3) is 0.533. The number of hydrogen-bond acceptors (Lipinski definition) is 4. The average molecular weight is 278 g/mol. The van der Waals surface area contributed by atoms with Crippen molar-refractivity contribution < 1.29 is 14.3 Å². The molecule has 1 aliphatic rings. The van der Waals surface area contributed by atoms with Crippen LogP contribution < -0.4 is 4.74 Å². The zero-order valence-corrected chi connectivity index (χ0v) is 12.5. The summed E-state index contributed by atoms with van der Waals surface area (Å²) in [5, 5.41) is 0. The molecule has 0 aliphatic carbocycles. The highest BCUT2D eigenvalue weighted by Gasteiger charge is 2.23. The van der Waals surface area contributed by atoms with Gasteiger partial charge in [0, 0.05) is 13.6 Å². The molecule has 2 rings (SSSR count). The number of carbonyl (C=O) groups excluding carboxylic acids is 1. The van der Waals surface area contributed by atoms with Crippen LogP contribution in [0.4, 0.5) is 4.79 Å². The van der Waals surface area contributed by atoms with Crippen molar-refractivity contribution in [2.45, 2.75) is 19.6 Å². The second-order valence-corrected chi connectivity index (χ2v) is 5.24. The average Bonchev–Trinajstić information content (AvgIpc) is 2.45. The molecule has 0 spiro atoms. The van der Waals surface area contributed by atoms with Gasteiger partial charge in [0.1, 0.15) is 5.75 Å². The van der Waals surface area contributed by atoms with E-state index in [4.69, 9.17) is 9.47 Å². The number of ether oxygens (including phenoxy) is 2.